The van der Waals surface area contributed by atoms with Crippen LogP contribution >= 0.6 is 11.8 Å². The van der Waals surface area contributed by atoms with Crippen LogP contribution in [0.5, 0.6) is 0 Å². The van der Waals surface area contributed by atoms with Crippen molar-refractivity contribution in [2.45, 2.75) is 56.0 Å². The molecule has 0 aromatic carbocycles. The summed E-state index contributed by atoms with van der Waals surface area (Å²) in [7, 11) is 0. The number of thioether (sulfide) groups is 1. The predicted molar refractivity (Wildman–Crippen MR) is 75.6 cm³/mol. The SMILES string of the molecule is FC1(F)C[C@@H](c2nnc(C3CC3)o2)N(C2CCSCC2)C1. The monoisotopic (exact) mass is 315 g/mol. The molecule has 3 fully saturated rings. The Morgan fingerprint density at radius 1 is 1.10 bits per heavy atom. The lowest BCUT2D eigenvalue weighted by atomic mass is 10.1. The molecule has 4 nitrogen and oxygen atoms in total. The van der Waals surface area contributed by atoms with Gasteiger partial charge in [0.25, 0.3) is 5.92 Å². The van der Waals surface area contributed by atoms with Gasteiger partial charge in [-0.1, -0.05) is 0 Å². The summed E-state index contributed by atoms with van der Waals surface area (Å²) in [6.45, 7) is -0.172. The van der Waals surface area contributed by atoms with Gasteiger partial charge >= 0.3 is 0 Å². The smallest absolute Gasteiger partial charge is 0.262 e. The Hall–Kier alpha value is -0.690. The third-order valence-corrected chi connectivity index (χ3v) is 5.68. The van der Waals surface area contributed by atoms with Crippen molar-refractivity contribution in [3.05, 3.63) is 11.8 Å². The van der Waals surface area contributed by atoms with Crippen LogP contribution < -0.4 is 0 Å². The fourth-order valence-corrected chi connectivity index (χ4v) is 4.43. The third kappa shape index (κ3) is 2.82. The van der Waals surface area contributed by atoms with Gasteiger partial charge in [0.2, 0.25) is 11.8 Å². The maximum absolute atomic E-state index is 13.9. The number of nitrogens with zero attached hydrogens (tertiary/aromatic N) is 3. The van der Waals surface area contributed by atoms with Crippen molar-refractivity contribution in [1.29, 1.82) is 0 Å². The molecule has 4 rings (SSSR count). The van der Waals surface area contributed by atoms with Crippen molar-refractivity contribution in [1.82, 2.24) is 15.1 Å². The van der Waals surface area contributed by atoms with Gasteiger partial charge in [0.05, 0.1) is 12.6 Å². The molecule has 2 aliphatic heterocycles. The van der Waals surface area contributed by atoms with Crippen LogP contribution in [0.2, 0.25) is 0 Å². The number of alkyl halides is 2. The van der Waals surface area contributed by atoms with Gasteiger partial charge < -0.3 is 4.42 Å². The zero-order valence-electron chi connectivity index (χ0n) is 11.8. The average molecular weight is 315 g/mol. The van der Waals surface area contributed by atoms with E-state index in [-0.39, 0.29) is 19.0 Å². The molecule has 3 heterocycles. The van der Waals surface area contributed by atoms with Crippen molar-refractivity contribution in [2.24, 2.45) is 0 Å². The third-order valence-electron chi connectivity index (χ3n) is 4.63. The van der Waals surface area contributed by atoms with Crippen molar-refractivity contribution < 1.29 is 13.2 Å². The molecule has 3 aliphatic rings. The molecular weight excluding hydrogens is 296 g/mol. The largest absolute Gasteiger partial charge is 0.423 e. The van der Waals surface area contributed by atoms with Crippen LogP contribution in [0.3, 0.4) is 0 Å². The highest BCUT2D eigenvalue weighted by molar-refractivity contribution is 7.99. The second-order valence-electron chi connectivity index (χ2n) is 6.34. The summed E-state index contributed by atoms with van der Waals surface area (Å²) in [6, 6.07) is -0.186. The standard InChI is InChI=1S/C14H19F2N3OS/c15-14(16)7-11(13-18-17-12(20-13)9-1-2-9)19(8-14)10-3-5-21-6-4-10/h9-11H,1-8H2/t11-/m0/s1. The first-order valence-corrected chi connectivity index (χ1v) is 8.82. The Morgan fingerprint density at radius 2 is 1.81 bits per heavy atom. The Labute approximate surface area is 126 Å². The molecule has 0 bridgehead atoms. The minimum absolute atomic E-state index is 0.172. The van der Waals surface area contributed by atoms with Gasteiger partial charge in [-0.05, 0) is 37.2 Å². The number of likely N-dealkylation sites (tertiary alicyclic amines) is 1. The summed E-state index contributed by atoms with van der Waals surface area (Å²) < 4.78 is 33.6. The molecule has 0 unspecified atom stereocenters. The van der Waals surface area contributed by atoms with E-state index in [0.717, 1.165) is 37.2 Å². The van der Waals surface area contributed by atoms with Crippen LogP contribution in [0.1, 0.15) is 55.8 Å². The van der Waals surface area contributed by atoms with Crippen LogP contribution in [0.4, 0.5) is 8.78 Å². The van der Waals surface area contributed by atoms with E-state index in [2.05, 4.69) is 10.2 Å². The molecule has 0 radical (unpaired) electrons. The predicted octanol–water partition coefficient (Wildman–Crippen LogP) is 3.22. The van der Waals surface area contributed by atoms with Gasteiger partial charge in [0.15, 0.2) is 0 Å². The Morgan fingerprint density at radius 3 is 2.52 bits per heavy atom. The van der Waals surface area contributed by atoms with Crippen LogP contribution in [-0.2, 0) is 0 Å². The highest BCUT2D eigenvalue weighted by atomic mass is 32.2. The van der Waals surface area contributed by atoms with E-state index in [1.807, 2.05) is 16.7 Å². The number of aromatic nitrogens is 2. The number of hydrogen-bond donors (Lipinski definition) is 0. The minimum atomic E-state index is -2.65. The summed E-state index contributed by atoms with van der Waals surface area (Å²) >= 11 is 1.91. The maximum Gasteiger partial charge on any atom is 0.262 e. The maximum atomic E-state index is 13.9. The van der Waals surface area contributed by atoms with Crippen molar-refractivity contribution in [3.63, 3.8) is 0 Å². The molecular formula is C14H19F2N3OS. The summed E-state index contributed by atoms with van der Waals surface area (Å²) in [4.78, 5) is 1.92. The fourth-order valence-electron chi connectivity index (χ4n) is 3.35. The van der Waals surface area contributed by atoms with Crippen molar-refractivity contribution in [3.8, 4) is 0 Å². The quantitative estimate of drug-likeness (QED) is 0.857. The molecule has 0 spiro atoms. The Bertz CT molecular complexity index is 514. The second-order valence-corrected chi connectivity index (χ2v) is 7.57. The van der Waals surface area contributed by atoms with Crippen molar-refractivity contribution >= 4 is 11.8 Å². The summed E-state index contributed by atoms with van der Waals surface area (Å²) in [5, 5.41) is 8.13. The van der Waals surface area contributed by atoms with Gasteiger partial charge in [0.1, 0.15) is 0 Å². The van der Waals surface area contributed by atoms with Gasteiger partial charge in [-0.25, -0.2) is 8.78 Å². The lowest BCUT2D eigenvalue weighted by Gasteiger charge is -2.33. The first-order valence-electron chi connectivity index (χ1n) is 7.67. The first kappa shape index (κ1) is 13.9. The summed E-state index contributed by atoms with van der Waals surface area (Å²) in [6.07, 6.45) is 3.91. The topological polar surface area (TPSA) is 42.2 Å². The molecule has 2 saturated heterocycles. The lowest BCUT2D eigenvalue weighted by Crippen LogP contribution is -2.39. The van der Waals surface area contributed by atoms with Crippen molar-refractivity contribution in [2.75, 3.05) is 18.1 Å². The molecule has 1 aliphatic carbocycles. The molecule has 21 heavy (non-hydrogen) atoms. The molecule has 7 heteroatoms. The highest BCUT2D eigenvalue weighted by Crippen LogP contribution is 2.45. The van der Waals surface area contributed by atoms with Crippen LogP contribution in [0, 0.1) is 0 Å². The average Bonchev–Trinajstić information content (AvgIpc) is 3.11. The molecule has 0 N–H and O–H groups in total. The molecule has 116 valence electrons. The second kappa shape index (κ2) is 5.19. The van der Waals surface area contributed by atoms with E-state index < -0.39 is 12.0 Å². The van der Waals surface area contributed by atoms with Gasteiger partial charge in [-0.15, -0.1) is 10.2 Å². The number of halogens is 2. The Balaban J connectivity index is 1.57. The first-order chi connectivity index (χ1) is 10.1. The molecule has 1 aromatic rings. The van der Waals surface area contributed by atoms with E-state index in [1.54, 1.807) is 0 Å². The summed E-state index contributed by atoms with van der Waals surface area (Å²) in [5.74, 6) is 0.857. The molecule has 1 saturated carbocycles. The number of hydrogen-bond acceptors (Lipinski definition) is 5. The summed E-state index contributed by atoms with van der Waals surface area (Å²) in [5.41, 5.74) is 0. The zero-order chi connectivity index (χ0) is 14.4. The molecule has 1 aromatic heterocycles. The fraction of sp³-hybridized carbons (Fsp3) is 0.857. The molecule has 0 amide bonds. The molecule has 1 atom stereocenters. The van der Waals surface area contributed by atoms with E-state index in [9.17, 15) is 8.78 Å². The van der Waals surface area contributed by atoms with Gasteiger partial charge in [-0.2, -0.15) is 11.8 Å². The van der Waals surface area contributed by atoms with Gasteiger partial charge in [-0.3, -0.25) is 4.90 Å². The van der Waals surface area contributed by atoms with E-state index in [4.69, 9.17) is 4.42 Å². The highest BCUT2D eigenvalue weighted by Gasteiger charge is 2.50. The van der Waals surface area contributed by atoms with E-state index in [0.29, 0.717) is 17.7 Å². The normalized spacial score (nSPS) is 30.9. The lowest BCUT2D eigenvalue weighted by molar-refractivity contribution is 0.00716. The Kier molecular flexibility index (Phi) is 3.45. The van der Waals surface area contributed by atoms with Crippen LogP contribution in [0.15, 0.2) is 4.42 Å². The van der Waals surface area contributed by atoms with Crippen LogP contribution in [0.25, 0.3) is 0 Å². The number of rotatable bonds is 3. The van der Waals surface area contributed by atoms with Crippen LogP contribution in [-0.4, -0.2) is 45.1 Å². The van der Waals surface area contributed by atoms with E-state index >= 15 is 0 Å². The van der Waals surface area contributed by atoms with Gasteiger partial charge in [0, 0.05) is 18.4 Å². The zero-order valence-corrected chi connectivity index (χ0v) is 12.6. The minimum Gasteiger partial charge on any atom is -0.423 e. The van der Waals surface area contributed by atoms with E-state index in [1.165, 1.54) is 0 Å².